The van der Waals surface area contributed by atoms with E-state index in [-0.39, 0.29) is 12.0 Å². The van der Waals surface area contributed by atoms with Crippen LogP contribution in [0.3, 0.4) is 0 Å². The molecule has 0 aromatic heterocycles. The first kappa shape index (κ1) is 13.8. The van der Waals surface area contributed by atoms with Gasteiger partial charge in [-0.25, -0.2) is 0 Å². The van der Waals surface area contributed by atoms with Gasteiger partial charge in [-0.15, -0.1) is 0 Å². The molecule has 0 bridgehead atoms. The fourth-order valence-corrected chi connectivity index (χ4v) is 3.10. The van der Waals surface area contributed by atoms with E-state index in [1.165, 1.54) is 19.3 Å². The summed E-state index contributed by atoms with van der Waals surface area (Å²) in [5, 5.41) is 12.8. The zero-order chi connectivity index (χ0) is 12.0. The summed E-state index contributed by atoms with van der Waals surface area (Å²) >= 11 is 1.86. The molecule has 1 fully saturated rings. The van der Waals surface area contributed by atoms with Crippen LogP contribution in [0.1, 0.15) is 45.4 Å². The van der Waals surface area contributed by atoms with E-state index in [1.54, 1.807) is 6.92 Å². The van der Waals surface area contributed by atoms with Crippen LogP contribution in [0.25, 0.3) is 0 Å². The molecule has 1 rings (SSSR count). The Labute approximate surface area is 102 Å². The Kier molecular flexibility index (Phi) is 6.21. The van der Waals surface area contributed by atoms with Crippen molar-refractivity contribution in [3.8, 4) is 0 Å². The molecular weight excluding hydrogens is 222 g/mol. The van der Waals surface area contributed by atoms with Gasteiger partial charge in [-0.1, -0.05) is 12.8 Å². The van der Waals surface area contributed by atoms with Crippen molar-refractivity contribution in [3.05, 3.63) is 0 Å². The summed E-state index contributed by atoms with van der Waals surface area (Å²) < 4.78 is 0. The van der Waals surface area contributed by atoms with Gasteiger partial charge in [0, 0.05) is 17.7 Å². The van der Waals surface area contributed by atoms with Gasteiger partial charge in [-0.3, -0.25) is 4.79 Å². The molecule has 0 aromatic carbocycles. The van der Waals surface area contributed by atoms with Crippen molar-refractivity contribution in [3.63, 3.8) is 0 Å². The number of aliphatic hydroxyl groups is 1. The Hall–Kier alpha value is -0.220. The van der Waals surface area contributed by atoms with Crippen LogP contribution in [0.2, 0.25) is 0 Å². The molecule has 0 saturated heterocycles. The minimum absolute atomic E-state index is 0.0897. The Morgan fingerprint density at radius 1 is 1.50 bits per heavy atom. The maximum absolute atomic E-state index is 11.6. The monoisotopic (exact) mass is 245 g/mol. The van der Waals surface area contributed by atoms with Gasteiger partial charge in [0.05, 0.1) is 6.10 Å². The number of hydrogen-bond acceptors (Lipinski definition) is 3. The summed E-state index contributed by atoms with van der Waals surface area (Å²) in [7, 11) is 0. The Morgan fingerprint density at radius 3 is 2.81 bits per heavy atom. The average molecular weight is 245 g/mol. The van der Waals surface area contributed by atoms with Crippen LogP contribution >= 0.6 is 11.8 Å². The first-order chi connectivity index (χ1) is 7.63. The normalized spacial score (nSPS) is 27.4. The maximum atomic E-state index is 11.6. The zero-order valence-corrected chi connectivity index (χ0v) is 11.1. The van der Waals surface area contributed by atoms with E-state index in [9.17, 15) is 4.79 Å². The Morgan fingerprint density at radius 2 is 2.19 bits per heavy atom. The van der Waals surface area contributed by atoms with Gasteiger partial charge in [0.15, 0.2) is 0 Å². The molecule has 0 aromatic rings. The standard InChI is InChI=1S/C12H23NO2S/c1-9(14)7-8-12(15)13-10-5-3-4-6-11(10)16-2/h9-11,14H,3-8H2,1-2H3,(H,13,15). The minimum Gasteiger partial charge on any atom is -0.393 e. The predicted octanol–water partition coefficient (Wildman–Crippen LogP) is 1.94. The molecule has 3 nitrogen and oxygen atoms in total. The lowest BCUT2D eigenvalue weighted by molar-refractivity contribution is -0.122. The second kappa shape index (κ2) is 7.17. The van der Waals surface area contributed by atoms with Gasteiger partial charge in [0.2, 0.25) is 5.91 Å². The summed E-state index contributed by atoms with van der Waals surface area (Å²) in [5.41, 5.74) is 0. The first-order valence-electron chi connectivity index (χ1n) is 6.13. The Balaban J connectivity index is 2.30. The van der Waals surface area contributed by atoms with Crippen molar-refractivity contribution in [2.24, 2.45) is 0 Å². The van der Waals surface area contributed by atoms with E-state index < -0.39 is 0 Å². The van der Waals surface area contributed by atoms with E-state index in [0.717, 1.165) is 6.42 Å². The zero-order valence-electron chi connectivity index (χ0n) is 10.2. The fourth-order valence-electron chi connectivity index (χ4n) is 2.16. The van der Waals surface area contributed by atoms with Crippen LogP contribution in [-0.2, 0) is 4.79 Å². The minimum atomic E-state index is -0.381. The number of hydrogen-bond donors (Lipinski definition) is 2. The van der Waals surface area contributed by atoms with Crippen LogP contribution in [0.15, 0.2) is 0 Å². The third-order valence-corrected chi connectivity index (χ3v) is 4.31. The van der Waals surface area contributed by atoms with Crippen LogP contribution in [-0.4, -0.2) is 34.7 Å². The molecule has 1 amide bonds. The van der Waals surface area contributed by atoms with Gasteiger partial charge in [-0.05, 0) is 32.4 Å². The van der Waals surface area contributed by atoms with Crippen molar-refractivity contribution in [1.29, 1.82) is 0 Å². The topological polar surface area (TPSA) is 49.3 Å². The smallest absolute Gasteiger partial charge is 0.220 e. The molecule has 0 spiro atoms. The molecule has 94 valence electrons. The number of thioether (sulfide) groups is 1. The highest BCUT2D eigenvalue weighted by Crippen LogP contribution is 2.27. The van der Waals surface area contributed by atoms with Crippen molar-refractivity contribution >= 4 is 17.7 Å². The van der Waals surface area contributed by atoms with Crippen LogP contribution in [0.4, 0.5) is 0 Å². The van der Waals surface area contributed by atoms with E-state index in [0.29, 0.717) is 24.1 Å². The molecule has 1 aliphatic rings. The highest BCUT2D eigenvalue weighted by Gasteiger charge is 2.25. The van der Waals surface area contributed by atoms with Gasteiger partial charge in [0.1, 0.15) is 0 Å². The largest absolute Gasteiger partial charge is 0.393 e. The van der Waals surface area contributed by atoms with Crippen molar-refractivity contribution in [1.82, 2.24) is 5.32 Å². The number of aliphatic hydroxyl groups excluding tert-OH is 1. The summed E-state index contributed by atoms with van der Waals surface area (Å²) in [6.45, 7) is 1.72. The quantitative estimate of drug-likeness (QED) is 0.778. The highest BCUT2D eigenvalue weighted by molar-refractivity contribution is 7.99. The fraction of sp³-hybridized carbons (Fsp3) is 0.917. The van der Waals surface area contributed by atoms with Gasteiger partial charge < -0.3 is 10.4 Å². The summed E-state index contributed by atoms with van der Waals surface area (Å²) in [4.78, 5) is 11.6. The summed E-state index contributed by atoms with van der Waals surface area (Å²) in [6.07, 6.45) is 7.55. The number of carbonyl (C=O) groups is 1. The molecule has 4 heteroatoms. The lowest BCUT2D eigenvalue weighted by Gasteiger charge is -2.31. The molecule has 3 atom stereocenters. The molecule has 16 heavy (non-hydrogen) atoms. The lowest BCUT2D eigenvalue weighted by Crippen LogP contribution is -2.43. The maximum Gasteiger partial charge on any atom is 0.220 e. The van der Waals surface area contributed by atoms with Crippen LogP contribution in [0.5, 0.6) is 0 Å². The molecule has 3 unspecified atom stereocenters. The third-order valence-electron chi connectivity index (χ3n) is 3.14. The predicted molar refractivity (Wildman–Crippen MR) is 68.6 cm³/mol. The molecular formula is C12H23NO2S. The van der Waals surface area contributed by atoms with E-state index >= 15 is 0 Å². The second-order valence-corrected chi connectivity index (χ2v) is 5.70. The molecule has 2 N–H and O–H groups in total. The van der Waals surface area contributed by atoms with Crippen molar-refractivity contribution < 1.29 is 9.90 Å². The number of carbonyl (C=O) groups excluding carboxylic acids is 1. The molecule has 1 saturated carbocycles. The number of amides is 1. The average Bonchev–Trinajstić information content (AvgIpc) is 2.27. The lowest BCUT2D eigenvalue weighted by atomic mass is 9.94. The molecule has 1 aliphatic carbocycles. The second-order valence-electron chi connectivity index (χ2n) is 4.62. The molecule has 0 radical (unpaired) electrons. The molecule has 0 heterocycles. The van der Waals surface area contributed by atoms with Crippen molar-refractivity contribution in [2.75, 3.05) is 6.26 Å². The van der Waals surface area contributed by atoms with E-state index in [1.807, 2.05) is 11.8 Å². The number of nitrogens with one attached hydrogen (secondary N) is 1. The SMILES string of the molecule is CSC1CCCCC1NC(=O)CCC(C)O. The van der Waals surface area contributed by atoms with Crippen molar-refractivity contribution in [2.45, 2.75) is 62.8 Å². The third kappa shape index (κ3) is 4.74. The van der Waals surface area contributed by atoms with Gasteiger partial charge >= 0.3 is 0 Å². The van der Waals surface area contributed by atoms with Gasteiger partial charge in [-0.2, -0.15) is 11.8 Å². The first-order valence-corrected chi connectivity index (χ1v) is 7.42. The van der Waals surface area contributed by atoms with E-state index in [4.69, 9.17) is 5.11 Å². The highest BCUT2D eigenvalue weighted by atomic mass is 32.2. The number of rotatable bonds is 5. The van der Waals surface area contributed by atoms with Crippen LogP contribution in [0, 0.1) is 0 Å². The summed E-state index contributed by atoms with van der Waals surface area (Å²) in [6, 6.07) is 0.338. The molecule has 0 aliphatic heterocycles. The Bertz CT molecular complexity index is 221. The summed E-state index contributed by atoms with van der Waals surface area (Å²) in [5.74, 6) is 0.0897. The van der Waals surface area contributed by atoms with Crippen LogP contribution < -0.4 is 5.32 Å². The van der Waals surface area contributed by atoms with Gasteiger partial charge in [0.25, 0.3) is 0 Å². The van der Waals surface area contributed by atoms with E-state index in [2.05, 4.69) is 11.6 Å².